The molecular weight excluding hydrogens is 279 g/mol. The van der Waals surface area contributed by atoms with Crippen molar-refractivity contribution in [2.75, 3.05) is 5.32 Å². The Balaban J connectivity index is 2.24. The number of rotatable bonds is 4. The Morgan fingerprint density at radius 1 is 1.52 bits per heavy atom. The van der Waals surface area contributed by atoms with Crippen LogP contribution in [0.2, 0.25) is 0 Å². The van der Waals surface area contributed by atoms with Crippen molar-refractivity contribution < 1.29 is 19.2 Å². The van der Waals surface area contributed by atoms with Crippen molar-refractivity contribution in [2.24, 2.45) is 5.41 Å². The second kappa shape index (κ2) is 5.67. The minimum atomic E-state index is -0.966. The summed E-state index contributed by atoms with van der Waals surface area (Å²) in [4.78, 5) is 21.4. The lowest BCUT2D eigenvalue weighted by Crippen LogP contribution is -2.46. The fourth-order valence-electron chi connectivity index (χ4n) is 2.74. The molecule has 114 valence electrons. The molecule has 1 aromatic carbocycles. The van der Waals surface area contributed by atoms with Gasteiger partial charge in [-0.05, 0) is 25.8 Å². The van der Waals surface area contributed by atoms with Gasteiger partial charge >= 0.3 is 5.97 Å². The van der Waals surface area contributed by atoms with E-state index in [9.17, 15) is 24.4 Å². The zero-order valence-electron chi connectivity index (χ0n) is 11.6. The molecule has 2 rings (SSSR count). The number of carboxylic acids is 1. The molecule has 7 heteroatoms. The van der Waals surface area contributed by atoms with Gasteiger partial charge in [0.2, 0.25) is 0 Å². The van der Waals surface area contributed by atoms with Crippen molar-refractivity contribution in [3.8, 4) is 0 Å². The summed E-state index contributed by atoms with van der Waals surface area (Å²) in [6.45, 7) is 1.65. The third kappa shape index (κ3) is 2.96. The van der Waals surface area contributed by atoms with Crippen molar-refractivity contribution in [2.45, 2.75) is 38.6 Å². The van der Waals surface area contributed by atoms with Crippen LogP contribution in [0.15, 0.2) is 18.2 Å². The van der Waals surface area contributed by atoms with Crippen molar-refractivity contribution >= 4 is 17.3 Å². The van der Waals surface area contributed by atoms with Gasteiger partial charge in [-0.1, -0.05) is 12.8 Å². The molecule has 2 unspecified atom stereocenters. The maximum Gasteiger partial charge on any atom is 0.311 e. The SMILES string of the molecule is CC1(C(=O)O)CCCCC1Nc1ccc([N+](=O)[O-])cc1F. The molecule has 0 aliphatic heterocycles. The van der Waals surface area contributed by atoms with E-state index in [2.05, 4.69) is 5.32 Å². The monoisotopic (exact) mass is 296 g/mol. The first-order valence-electron chi connectivity index (χ1n) is 6.78. The van der Waals surface area contributed by atoms with Gasteiger partial charge < -0.3 is 10.4 Å². The van der Waals surface area contributed by atoms with Crippen LogP contribution < -0.4 is 5.32 Å². The van der Waals surface area contributed by atoms with E-state index in [1.54, 1.807) is 6.92 Å². The zero-order valence-corrected chi connectivity index (χ0v) is 11.6. The summed E-state index contributed by atoms with van der Waals surface area (Å²) in [7, 11) is 0. The van der Waals surface area contributed by atoms with Crippen LogP contribution in [-0.4, -0.2) is 22.0 Å². The van der Waals surface area contributed by atoms with Crippen LogP contribution in [0, 0.1) is 21.3 Å². The number of nitrogens with one attached hydrogen (secondary N) is 1. The van der Waals surface area contributed by atoms with E-state index in [0.29, 0.717) is 12.8 Å². The number of benzene rings is 1. The number of carbonyl (C=O) groups is 1. The Morgan fingerprint density at radius 3 is 2.81 bits per heavy atom. The van der Waals surface area contributed by atoms with Gasteiger partial charge in [-0.2, -0.15) is 0 Å². The fourth-order valence-corrected chi connectivity index (χ4v) is 2.74. The Hall–Kier alpha value is -2.18. The lowest BCUT2D eigenvalue weighted by molar-refractivity contribution is -0.385. The normalized spacial score (nSPS) is 25.3. The Kier molecular flexibility index (Phi) is 4.11. The quantitative estimate of drug-likeness (QED) is 0.657. The molecule has 1 aliphatic rings. The van der Waals surface area contributed by atoms with Gasteiger partial charge in [0, 0.05) is 12.1 Å². The highest BCUT2D eigenvalue weighted by Gasteiger charge is 2.43. The summed E-state index contributed by atoms with van der Waals surface area (Å²) >= 11 is 0. The molecule has 1 fully saturated rings. The summed E-state index contributed by atoms with van der Waals surface area (Å²) in [6.07, 6.45) is 2.84. The summed E-state index contributed by atoms with van der Waals surface area (Å²) in [5, 5.41) is 22.9. The number of hydrogen-bond donors (Lipinski definition) is 2. The molecule has 6 nitrogen and oxygen atoms in total. The Bertz CT molecular complexity index is 578. The van der Waals surface area contributed by atoms with E-state index in [0.717, 1.165) is 18.9 Å². The molecule has 0 aromatic heterocycles. The largest absolute Gasteiger partial charge is 0.481 e. The Morgan fingerprint density at radius 2 is 2.24 bits per heavy atom. The van der Waals surface area contributed by atoms with Crippen LogP contribution in [-0.2, 0) is 4.79 Å². The van der Waals surface area contributed by atoms with Crippen LogP contribution in [0.25, 0.3) is 0 Å². The molecule has 0 bridgehead atoms. The highest BCUT2D eigenvalue weighted by molar-refractivity contribution is 5.76. The van der Waals surface area contributed by atoms with E-state index in [1.807, 2.05) is 0 Å². The summed E-state index contributed by atoms with van der Waals surface area (Å²) in [6, 6.07) is 2.92. The first-order valence-corrected chi connectivity index (χ1v) is 6.78. The number of anilines is 1. The average molecular weight is 296 g/mol. The minimum Gasteiger partial charge on any atom is -0.481 e. The molecule has 0 heterocycles. The predicted molar refractivity (Wildman–Crippen MR) is 74.7 cm³/mol. The molecule has 0 spiro atoms. The van der Waals surface area contributed by atoms with E-state index in [1.165, 1.54) is 12.1 Å². The third-order valence-electron chi connectivity index (χ3n) is 4.19. The van der Waals surface area contributed by atoms with Gasteiger partial charge in [0.05, 0.1) is 22.1 Å². The molecule has 21 heavy (non-hydrogen) atoms. The van der Waals surface area contributed by atoms with E-state index < -0.39 is 28.2 Å². The third-order valence-corrected chi connectivity index (χ3v) is 4.19. The smallest absolute Gasteiger partial charge is 0.311 e. The molecule has 2 atom stereocenters. The molecule has 1 aromatic rings. The molecule has 0 amide bonds. The van der Waals surface area contributed by atoms with Crippen molar-refractivity contribution in [3.05, 3.63) is 34.1 Å². The van der Waals surface area contributed by atoms with Crippen LogP contribution >= 0.6 is 0 Å². The average Bonchev–Trinajstić information content (AvgIpc) is 2.43. The summed E-state index contributed by atoms with van der Waals surface area (Å²) in [5.74, 6) is -1.66. The maximum absolute atomic E-state index is 13.9. The van der Waals surface area contributed by atoms with Crippen LogP contribution in [0.1, 0.15) is 32.6 Å². The maximum atomic E-state index is 13.9. The predicted octanol–water partition coefficient (Wildman–Crippen LogP) is 3.18. The topological polar surface area (TPSA) is 92.5 Å². The van der Waals surface area contributed by atoms with Crippen molar-refractivity contribution in [1.29, 1.82) is 0 Å². The second-order valence-electron chi connectivity index (χ2n) is 5.59. The highest BCUT2D eigenvalue weighted by Crippen LogP contribution is 2.38. The fraction of sp³-hybridized carbons (Fsp3) is 0.500. The highest BCUT2D eigenvalue weighted by atomic mass is 19.1. The molecule has 1 aliphatic carbocycles. The van der Waals surface area contributed by atoms with Gasteiger partial charge in [0.1, 0.15) is 0 Å². The first kappa shape index (κ1) is 15.2. The number of nitro groups is 1. The molecular formula is C14H17FN2O4. The van der Waals surface area contributed by atoms with E-state index in [4.69, 9.17) is 0 Å². The van der Waals surface area contributed by atoms with Gasteiger partial charge in [0.25, 0.3) is 5.69 Å². The van der Waals surface area contributed by atoms with Crippen molar-refractivity contribution in [3.63, 3.8) is 0 Å². The number of nitro benzene ring substituents is 1. The molecule has 0 saturated heterocycles. The number of nitrogens with zero attached hydrogens (tertiary/aromatic N) is 1. The number of non-ortho nitro benzene ring substituents is 1. The van der Waals surface area contributed by atoms with E-state index >= 15 is 0 Å². The molecule has 1 saturated carbocycles. The standard InChI is InChI=1S/C14H17FN2O4/c1-14(13(18)19)7-3-2-4-12(14)16-11-6-5-9(17(20)21)8-10(11)15/h5-6,8,12,16H,2-4,7H2,1H3,(H,18,19). The summed E-state index contributed by atoms with van der Waals surface area (Å²) < 4.78 is 13.9. The van der Waals surface area contributed by atoms with Gasteiger partial charge in [-0.3, -0.25) is 14.9 Å². The molecule has 0 radical (unpaired) electrons. The van der Waals surface area contributed by atoms with Crippen LogP contribution in [0.4, 0.5) is 15.8 Å². The number of carboxylic acid groups (broad SMARTS) is 1. The lowest BCUT2D eigenvalue weighted by Gasteiger charge is -2.38. The van der Waals surface area contributed by atoms with Gasteiger partial charge in [-0.15, -0.1) is 0 Å². The Labute approximate surface area is 121 Å². The number of aliphatic carboxylic acids is 1. The molecule has 2 N–H and O–H groups in total. The lowest BCUT2D eigenvalue weighted by atomic mass is 9.71. The van der Waals surface area contributed by atoms with Crippen molar-refractivity contribution in [1.82, 2.24) is 0 Å². The van der Waals surface area contributed by atoms with Gasteiger partial charge in [0.15, 0.2) is 5.82 Å². The van der Waals surface area contributed by atoms with Crippen LogP contribution in [0.3, 0.4) is 0 Å². The zero-order chi connectivity index (χ0) is 15.6. The van der Waals surface area contributed by atoms with Gasteiger partial charge in [-0.25, -0.2) is 4.39 Å². The van der Waals surface area contributed by atoms with Crippen LogP contribution in [0.5, 0.6) is 0 Å². The summed E-state index contributed by atoms with van der Waals surface area (Å²) in [5.41, 5.74) is -1.20. The van der Waals surface area contributed by atoms with E-state index in [-0.39, 0.29) is 11.4 Å². The minimum absolute atomic E-state index is 0.0972. The number of hydrogen-bond acceptors (Lipinski definition) is 4. The number of halogens is 1. The first-order chi connectivity index (χ1) is 9.84. The second-order valence-corrected chi connectivity index (χ2v) is 5.59.